The van der Waals surface area contributed by atoms with E-state index < -0.39 is 0 Å². The van der Waals surface area contributed by atoms with Gasteiger partial charge in [0.2, 0.25) is 0 Å². The molecule has 2 aromatic heterocycles. The van der Waals surface area contributed by atoms with E-state index in [9.17, 15) is 4.79 Å². The average molecular weight is 263 g/mol. The minimum atomic E-state index is -0.117. The zero-order valence-corrected chi connectivity index (χ0v) is 10.8. The Morgan fingerprint density at radius 2 is 1.80 bits per heavy atom. The predicted octanol–water partition coefficient (Wildman–Crippen LogP) is 2.35. The van der Waals surface area contributed by atoms with Crippen LogP contribution in [0.4, 0.5) is 0 Å². The standard InChI is InChI=1S/C16H13N3O/c20-16-9-8-15(14-6-2-1-3-7-14)18-19(16)12-13-5-4-10-17-11-13/h1-11H,12H2. The molecular weight excluding hydrogens is 250 g/mol. The summed E-state index contributed by atoms with van der Waals surface area (Å²) in [5, 5.41) is 4.41. The van der Waals surface area contributed by atoms with Crippen LogP contribution < -0.4 is 5.56 Å². The molecule has 3 aromatic rings. The molecule has 0 bridgehead atoms. The van der Waals surface area contributed by atoms with Crippen LogP contribution in [-0.2, 0) is 6.54 Å². The van der Waals surface area contributed by atoms with Crippen molar-refractivity contribution in [2.45, 2.75) is 6.54 Å². The van der Waals surface area contributed by atoms with Crippen molar-refractivity contribution in [2.75, 3.05) is 0 Å². The van der Waals surface area contributed by atoms with Gasteiger partial charge in [0.1, 0.15) is 0 Å². The monoisotopic (exact) mass is 263 g/mol. The number of hydrogen-bond donors (Lipinski definition) is 0. The maximum Gasteiger partial charge on any atom is 0.267 e. The van der Waals surface area contributed by atoms with Crippen LogP contribution in [0.25, 0.3) is 11.3 Å². The van der Waals surface area contributed by atoms with Gasteiger partial charge < -0.3 is 0 Å². The fourth-order valence-electron chi connectivity index (χ4n) is 1.99. The summed E-state index contributed by atoms with van der Waals surface area (Å²) in [6.07, 6.45) is 3.45. The highest BCUT2D eigenvalue weighted by atomic mass is 16.1. The minimum absolute atomic E-state index is 0.117. The summed E-state index contributed by atoms with van der Waals surface area (Å²) >= 11 is 0. The van der Waals surface area contributed by atoms with Crippen molar-refractivity contribution in [2.24, 2.45) is 0 Å². The molecule has 0 N–H and O–H groups in total. The number of benzene rings is 1. The van der Waals surface area contributed by atoms with Crippen LogP contribution in [0.5, 0.6) is 0 Å². The Hall–Kier alpha value is -2.75. The van der Waals surface area contributed by atoms with E-state index in [1.54, 1.807) is 24.5 Å². The molecule has 0 radical (unpaired) electrons. The van der Waals surface area contributed by atoms with Crippen LogP contribution in [-0.4, -0.2) is 14.8 Å². The second-order valence-corrected chi connectivity index (χ2v) is 4.44. The SMILES string of the molecule is O=c1ccc(-c2ccccc2)nn1Cc1cccnc1. The van der Waals surface area contributed by atoms with E-state index in [-0.39, 0.29) is 5.56 Å². The normalized spacial score (nSPS) is 10.4. The van der Waals surface area contributed by atoms with Crippen molar-refractivity contribution < 1.29 is 0 Å². The molecule has 98 valence electrons. The molecule has 4 nitrogen and oxygen atoms in total. The minimum Gasteiger partial charge on any atom is -0.268 e. The maximum atomic E-state index is 11.9. The molecule has 20 heavy (non-hydrogen) atoms. The lowest BCUT2D eigenvalue weighted by Gasteiger charge is -2.07. The van der Waals surface area contributed by atoms with E-state index in [1.807, 2.05) is 42.5 Å². The molecule has 0 atom stereocenters. The van der Waals surface area contributed by atoms with Gasteiger partial charge in [0.05, 0.1) is 12.2 Å². The number of nitrogens with zero attached hydrogens (tertiary/aromatic N) is 3. The summed E-state index contributed by atoms with van der Waals surface area (Å²) in [4.78, 5) is 15.9. The van der Waals surface area contributed by atoms with Gasteiger partial charge in [0.15, 0.2) is 0 Å². The van der Waals surface area contributed by atoms with Crippen molar-refractivity contribution in [3.8, 4) is 11.3 Å². The number of rotatable bonds is 3. The molecule has 0 aliphatic rings. The van der Waals surface area contributed by atoms with Crippen molar-refractivity contribution in [1.29, 1.82) is 0 Å². The first-order valence-corrected chi connectivity index (χ1v) is 6.35. The number of aromatic nitrogens is 3. The Labute approximate surface area is 116 Å². The van der Waals surface area contributed by atoms with Crippen LogP contribution in [0, 0.1) is 0 Å². The van der Waals surface area contributed by atoms with E-state index in [4.69, 9.17) is 0 Å². The largest absolute Gasteiger partial charge is 0.268 e. The average Bonchev–Trinajstić information content (AvgIpc) is 2.51. The summed E-state index contributed by atoms with van der Waals surface area (Å²) in [6.45, 7) is 0.424. The summed E-state index contributed by atoms with van der Waals surface area (Å²) < 4.78 is 1.46. The Balaban J connectivity index is 1.98. The summed E-state index contributed by atoms with van der Waals surface area (Å²) in [7, 11) is 0. The Morgan fingerprint density at radius 1 is 0.950 bits per heavy atom. The first kappa shape index (κ1) is 12.3. The second-order valence-electron chi connectivity index (χ2n) is 4.44. The Bertz CT molecular complexity index is 751. The number of pyridine rings is 1. The highest BCUT2D eigenvalue weighted by Gasteiger charge is 2.03. The van der Waals surface area contributed by atoms with Gasteiger partial charge in [0.25, 0.3) is 5.56 Å². The molecule has 0 aliphatic heterocycles. The van der Waals surface area contributed by atoms with Gasteiger partial charge in [-0.05, 0) is 17.7 Å². The van der Waals surface area contributed by atoms with Gasteiger partial charge in [0, 0.05) is 24.0 Å². The zero-order chi connectivity index (χ0) is 13.8. The Morgan fingerprint density at radius 3 is 2.55 bits per heavy atom. The smallest absolute Gasteiger partial charge is 0.267 e. The van der Waals surface area contributed by atoms with Crippen LogP contribution >= 0.6 is 0 Å². The summed E-state index contributed by atoms with van der Waals surface area (Å²) in [5.74, 6) is 0. The van der Waals surface area contributed by atoms with Gasteiger partial charge in [-0.1, -0.05) is 36.4 Å². The van der Waals surface area contributed by atoms with Crippen molar-refractivity contribution in [3.63, 3.8) is 0 Å². The second kappa shape index (κ2) is 5.48. The van der Waals surface area contributed by atoms with Gasteiger partial charge >= 0.3 is 0 Å². The van der Waals surface area contributed by atoms with Gasteiger partial charge in [-0.15, -0.1) is 0 Å². The van der Waals surface area contributed by atoms with E-state index in [0.717, 1.165) is 16.8 Å². The molecule has 1 aromatic carbocycles. The molecule has 0 unspecified atom stereocenters. The molecule has 0 amide bonds. The van der Waals surface area contributed by atoms with E-state index in [1.165, 1.54) is 4.68 Å². The molecule has 0 saturated heterocycles. The summed E-state index contributed by atoms with van der Waals surface area (Å²) in [5.41, 5.74) is 2.61. The predicted molar refractivity (Wildman–Crippen MR) is 77.3 cm³/mol. The number of hydrogen-bond acceptors (Lipinski definition) is 3. The molecule has 0 spiro atoms. The van der Waals surface area contributed by atoms with Gasteiger partial charge in [-0.3, -0.25) is 9.78 Å². The van der Waals surface area contributed by atoms with Crippen LogP contribution in [0.1, 0.15) is 5.56 Å². The lowest BCUT2D eigenvalue weighted by Crippen LogP contribution is -2.22. The lowest BCUT2D eigenvalue weighted by molar-refractivity contribution is 0.641. The summed E-state index contributed by atoms with van der Waals surface area (Å²) in [6, 6.07) is 16.9. The van der Waals surface area contributed by atoms with E-state index in [2.05, 4.69) is 10.1 Å². The molecular formula is C16H13N3O. The van der Waals surface area contributed by atoms with E-state index >= 15 is 0 Å². The first-order valence-electron chi connectivity index (χ1n) is 6.35. The fraction of sp³-hybridized carbons (Fsp3) is 0.0625. The third-order valence-corrected chi connectivity index (χ3v) is 2.99. The van der Waals surface area contributed by atoms with E-state index in [0.29, 0.717) is 6.54 Å². The van der Waals surface area contributed by atoms with Crippen LogP contribution in [0.2, 0.25) is 0 Å². The topological polar surface area (TPSA) is 47.8 Å². The third-order valence-electron chi connectivity index (χ3n) is 2.99. The molecule has 0 aliphatic carbocycles. The van der Waals surface area contributed by atoms with Crippen molar-refractivity contribution >= 4 is 0 Å². The zero-order valence-electron chi connectivity index (χ0n) is 10.8. The fourth-order valence-corrected chi connectivity index (χ4v) is 1.99. The van der Waals surface area contributed by atoms with Crippen LogP contribution in [0.3, 0.4) is 0 Å². The highest BCUT2D eigenvalue weighted by molar-refractivity contribution is 5.57. The Kier molecular flexibility index (Phi) is 3.37. The molecule has 2 heterocycles. The van der Waals surface area contributed by atoms with Gasteiger partial charge in [-0.2, -0.15) is 5.10 Å². The molecule has 3 rings (SSSR count). The quantitative estimate of drug-likeness (QED) is 0.728. The molecule has 0 fully saturated rings. The molecule has 4 heteroatoms. The first-order chi connectivity index (χ1) is 9.83. The highest BCUT2D eigenvalue weighted by Crippen LogP contribution is 2.14. The third kappa shape index (κ3) is 2.64. The maximum absolute atomic E-state index is 11.9. The lowest BCUT2D eigenvalue weighted by atomic mass is 10.1. The van der Waals surface area contributed by atoms with Crippen LogP contribution in [0.15, 0.2) is 71.8 Å². The van der Waals surface area contributed by atoms with Gasteiger partial charge in [-0.25, -0.2) is 4.68 Å². The molecule has 0 saturated carbocycles. The van der Waals surface area contributed by atoms with Crippen molar-refractivity contribution in [3.05, 3.63) is 82.9 Å². The van der Waals surface area contributed by atoms with Crippen molar-refractivity contribution in [1.82, 2.24) is 14.8 Å².